The number of nitrogens with one attached hydrogen (secondary N) is 2. The topological polar surface area (TPSA) is 83.8 Å². The van der Waals surface area contributed by atoms with Gasteiger partial charge in [-0.25, -0.2) is 0 Å². The number of carbonyl (C=O) groups excluding carboxylic acids is 1. The summed E-state index contributed by atoms with van der Waals surface area (Å²) >= 11 is 1.41. The Balaban J connectivity index is 2.14. The third-order valence-electron chi connectivity index (χ3n) is 2.89. The van der Waals surface area contributed by atoms with Gasteiger partial charge in [0, 0.05) is 17.7 Å². The summed E-state index contributed by atoms with van der Waals surface area (Å²) < 4.78 is 0. The van der Waals surface area contributed by atoms with Crippen molar-refractivity contribution in [2.24, 2.45) is 5.92 Å². The van der Waals surface area contributed by atoms with Gasteiger partial charge in [-0.2, -0.15) is 5.10 Å². The van der Waals surface area contributed by atoms with E-state index in [9.17, 15) is 4.79 Å². The first-order valence-corrected chi connectivity index (χ1v) is 6.99. The molecule has 0 radical (unpaired) electrons. The highest BCUT2D eigenvalue weighted by atomic mass is 32.1. The molecule has 6 heteroatoms. The second-order valence-electron chi connectivity index (χ2n) is 4.81. The van der Waals surface area contributed by atoms with Crippen LogP contribution in [0.25, 0.3) is 0 Å². The summed E-state index contributed by atoms with van der Waals surface area (Å²) in [6.45, 7) is 5.79. The van der Waals surface area contributed by atoms with Gasteiger partial charge in [-0.1, -0.05) is 13.8 Å². The van der Waals surface area contributed by atoms with Crippen molar-refractivity contribution in [3.05, 3.63) is 28.9 Å². The van der Waals surface area contributed by atoms with Crippen LogP contribution in [-0.4, -0.2) is 16.0 Å². The lowest BCUT2D eigenvalue weighted by atomic mass is 10.1. The molecule has 0 aliphatic rings. The summed E-state index contributed by atoms with van der Waals surface area (Å²) in [5.74, 6) is 0.0478. The molecule has 0 fully saturated rings. The van der Waals surface area contributed by atoms with E-state index < -0.39 is 0 Å². The quantitative estimate of drug-likeness (QED) is 0.734. The summed E-state index contributed by atoms with van der Waals surface area (Å²) in [7, 11) is 0. The number of hydrogen-bond donors (Lipinski definition) is 3. The minimum absolute atomic E-state index is 0.0416. The summed E-state index contributed by atoms with van der Waals surface area (Å²) in [6, 6.07) is 1.93. The van der Waals surface area contributed by atoms with Crippen LogP contribution in [0, 0.1) is 5.92 Å². The first-order valence-electron chi connectivity index (χ1n) is 6.17. The van der Waals surface area contributed by atoms with Crippen molar-refractivity contribution in [1.82, 2.24) is 10.2 Å². The van der Waals surface area contributed by atoms with Gasteiger partial charge in [-0.05, 0) is 13.0 Å². The van der Waals surface area contributed by atoms with Gasteiger partial charge in [0.15, 0.2) is 5.78 Å². The molecular weight excluding hydrogens is 260 g/mol. The van der Waals surface area contributed by atoms with E-state index in [0.29, 0.717) is 10.6 Å². The number of nitrogens with zero attached hydrogens (tertiary/aromatic N) is 1. The fourth-order valence-electron chi connectivity index (χ4n) is 1.73. The largest absolute Gasteiger partial charge is 0.397 e. The highest BCUT2D eigenvalue weighted by Gasteiger charge is 2.18. The second kappa shape index (κ2) is 5.44. The predicted molar refractivity (Wildman–Crippen MR) is 78.5 cm³/mol. The average Bonchev–Trinajstić information content (AvgIpc) is 2.97. The lowest BCUT2D eigenvalue weighted by molar-refractivity contribution is 0.0944. The fraction of sp³-hybridized carbons (Fsp3) is 0.385. The van der Waals surface area contributed by atoms with Crippen LogP contribution in [-0.2, 0) is 0 Å². The normalized spacial score (nSPS) is 12.6. The second-order valence-corrected chi connectivity index (χ2v) is 5.86. The van der Waals surface area contributed by atoms with E-state index in [1.807, 2.05) is 33.0 Å². The van der Waals surface area contributed by atoms with Crippen LogP contribution in [0.15, 0.2) is 18.5 Å². The monoisotopic (exact) mass is 278 g/mol. The molecule has 1 unspecified atom stereocenters. The maximum Gasteiger partial charge on any atom is 0.177 e. The van der Waals surface area contributed by atoms with Gasteiger partial charge < -0.3 is 11.1 Å². The van der Waals surface area contributed by atoms with Crippen LogP contribution in [0.4, 0.5) is 10.7 Å². The summed E-state index contributed by atoms with van der Waals surface area (Å²) in [5.41, 5.74) is 7.51. The molecular formula is C13H18N4OS. The number of carbonyl (C=O) groups is 1. The molecule has 102 valence electrons. The van der Waals surface area contributed by atoms with Gasteiger partial charge >= 0.3 is 0 Å². The summed E-state index contributed by atoms with van der Waals surface area (Å²) in [6.07, 6.45) is 3.61. The van der Waals surface area contributed by atoms with E-state index >= 15 is 0 Å². The van der Waals surface area contributed by atoms with Crippen molar-refractivity contribution < 1.29 is 4.79 Å². The zero-order valence-corrected chi connectivity index (χ0v) is 12.0. The van der Waals surface area contributed by atoms with E-state index in [0.717, 1.165) is 10.6 Å². The molecule has 0 aliphatic carbocycles. The fourth-order valence-corrected chi connectivity index (χ4v) is 2.88. The number of nitrogen functional groups attached to an aromatic ring is 1. The molecule has 0 saturated carbocycles. The highest BCUT2D eigenvalue weighted by Crippen LogP contribution is 2.33. The standard InChI is InChI=1S/C13H18N4OS/c1-7(2)12(18)13-10(14)4-11(19-13)17-8(3)9-5-15-16-6-9/h4-8,17H,14H2,1-3H3,(H,15,16). The minimum atomic E-state index is -0.0416. The van der Waals surface area contributed by atoms with E-state index in [1.54, 1.807) is 6.20 Å². The Morgan fingerprint density at radius 1 is 1.47 bits per heavy atom. The molecule has 0 saturated heterocycles. The molecule has 2 aromatic heterocycles. The van der Waals surface area contributed by atoms with Crippen molar-refractivity contribution >= 4 is 27.8 Å². The van der Waals surface area contributed by atoms with E-state index in [2.05, 4.69) is 15.5 Å². The van der Waals surface area contributed by atoms with Crippen molar-refractivity contribution in [2.75, 3.05) is 11.1 Å². The molecule has 0 aromatic carbocycles. The summed E-state index contributed by atoms with van der Waals surface area (Å²) in [5, 5.41) is 10.9. The molecule has 1 atom stereocenters. The number of thiophene rings is 1. The third-order valence-corrected chi connectivity index (χ3v) is 3.98. The number of nitrogens with two attached hydrogens (primary N) is 1. The van der Waals surface area contributed by atoms with Gasteiger partial charge in [-0.3, -0.25) is 9.89 Å². The lowest BCUT2D eigenvalue weighted by Crippen LogP contribution is -2.07. The summed E-state index contributed by atoms with van der Waals surface area (Å²) in [4.78, 5) is 12.6. The van der Waals surface area contributed by atoms with Gasteiger partial charge in [0.2, 0.25) is 0 Å². The zero-order chi connectivity index (χ0) is 14.0. The number of hydrogen-bond acceptors (Lipinski definition) is 5. The first-order chi connectivity index (χ1) is 8.99. The molecule has 2 heterocycles. The average molecular weight is 278 g/mol. The number of aromatic nitrogens is 2. The molecule has 0 amide bonds. The van der Waals surface area contributed by atoms with E-state index in [4.69, 9.17) is 5.73 Å². The number of rotatable bonds is 5. The van der Waals surface area contributed by atoms with Crippen molar-refractivity contribution in [1.29, 1.82) is 0 Å². The van der Waals surface area contributed by atoms with Gasteiger partial charge in [0.25, 0.3) is 0 Å². The molecule has 5 nitrogen and oxygen atoms in total. The van der Waals surface area contributed by atoms with Crippen LogP contribution >= 0.6 is 11.3 Å². The Labute approximate surface area is 116 Å². The van der Waals surface area contributed by atoms with E-state index in [-0.39, 0.29) is 17.7 Å². The number of anilines is 2. The number of aromatic amines is 1. The minimum Gasteiger partial charge on any atom is -0.397 e. The van der Waals surface area contributed by atoms with Crippen LogP contribution in [0.1, 0.15) is 42.0 Å². The Morgan fingerprint density at radius 3 is 2.79 bits per heavy atom. The van der Waals surface area contributed by atoms with Crippen LogP contribution in [0.2, 0.25) is 0 Å². The SMILES string of the molecule is CC(C)C(=O)c1sc(NC(C)c2cn[nH]c2)cc1N. The highest BCUT2D eigenvalue weighted by molar-refractivity contribution is 7.18. The lowest BCUT2D eigenvalue weighted by Gasteiger charge is -2.10. The Kier molecular flexibility index (Phi) is 3.90. The van der Waals surface area contributed by atoms with Crippen molar-refractivity contribution in [3.8, 4) is 0 Å². The van der Waals surface area contributed by atoms with Gasteiger partial charge in [0.05, 0.1) is 27.8 Å². The Bertz CT molecular complexity index is 559. The number of ketones is 1. The van der Waals surface area contributed by atoms with Crippen LogP contribution in [0.5, 0.6) is 0 Å². The third kappa shape index (κ3) is 2.96. The van der Waals surface area contributed by atoms with Crippen LogP contribution in [0.3, 0.4) is 0 Å². The Hall–Kier alpha value is -1.82. The predicted octanol–water partition coefficient (Wildman–Crippen LogP) is 3.07. The smallest absolute Gasteiger partial charge is 0.177 e. The molecule has 2 aromatic rings. The van der Waals surface area contributed by atoms with Crippen molar-refractivity contribution in [3.63, 3.8) is 0 Å². The number of H-pyrrole nitrogens is 1. The maximum absolute atomic E-state index is 12.0. The van der Waals surface area contributed by atoms with Gasteiger partial charge in [-0.15, -0.1) is 11.3 Å². The molecule has 4 N–H and O–H groups in total. The Morgan fingerprint density at radius 2 is 2.21 bits per heavy atom. The number of Topliss-reactive ketones (excluding diaryl/α,β-unsaturated/α-hetero) is 1. The molecule has 19 heavy (non-hydrogen) atoms. The molecule has 2 rings (SSSR count). The van der Waals surface area contributed by atoms with Crippen LogP contribution < -0.4 is 11.1 Å². The first kappa shape index (κ1) is 13.6. The zero-order valence-electron chi connectivity index (χ0n) is 11.2. The molecule has 0 aliphatic heterocycles. The van der Waals surface area contributed by atoms with Gasteiger partial charge in [0.1, 0.15) is 0 Å². The molecule has 0 spiro atoms. The maximum atomic E-state index is 12.0. The molecule has 0 bridgehead atoms. The van der Waals surface area contributed by atoms with Crippen molar-refractivity contribution in [2.45, 2.75) is 26.8 Å². The van der Waals surface area contributed by atoms with E-state index in [1.165, 1.54) is 11.3 Å².